The van der Waals surface area contributed by atoms with E-state index >= 15 is 0 Å². The van der Waals surface area contributed by atoms with Gasteiger partial charge in [0.1, 0.15) is 0 Å². The lowest BCUT2D eigenvalue weighted by atomic mass is 10.1. The zero-order valence-electron chi connectivity index (χ0n) is 10.9. The van der Waals surface area contributed by atoms with Crippen LogP contribution >= 0.6 is 0 Å². The van der Waals surface area contributed by atoms with E-state index in [1.54, 1.807) is 0 Å². The van der Waals surface area contributed by atoms with Crippen LogP contribution in [0.2, 0.25) is 0 Å². The second-order valence-corrected chi connectivity index (χ2v) is 4.36. The molecule has 0 amide bonds. The van der Waals surface area contributed by atoms with Crippen LogP contribution in [0, 0.1) is 0 Å². The van der Waals surface area contributed by atoms with Crippen LogP contribution < -0.4 is 5.73 Å². The molecule has 6 heteroatoms. The van der Waals surface area contributed by atoms with Gasteiger partial charge in [-0.2, -0.15) is 13.2 Å². The van der Waals surface area contributed by atoms with E-state index in [0.717, 1.165) is 6.07 Å². The summed E-state index contributed by atoms with van der Waals surface area (Å²) in [5.41, 5.74) is 5.05. The van der Waals surface area contributed by atoms with Crippen molar-refractivity contribution in [2.24, 2.45) is 0 Å². The van der Waals surface area contributed by atoms with Crippen LogP contribution in [0.15, 0.2) is 18.2 Å². The van der Waals surface area contributed by atoms with Crippen molar-refractivity contribution in [2.45, 2.75) is 26.1 Å². The lowest BCUT2D eigenvalue weighted by molar-refractivity contribution is -0.138. The second-order valence-electron chi connectivity index (χ2n) is 4.36. The molecule has 1 aromatic carbocycles. The first kappa shape index (κ1) is 15.8. The maximum Gasteiger partial charge on any atom is 0.416 e. The van der Waals surface area contributed by atoms with E-state index in [0.29, 0.717) is 19.5 Å². The summed E-state index contributed by atoms with van der Waals surface area (Å²) < 4.78 is 38.8. The second kappa shape index (κ2) is 6.77. The average Bonchev–Trinajstić information content (AvgIpc) is 2.34. The summed E-state index contributed by atoms with van der Waals surface area (Å²) in [6.07, 6.45) is -3.86. The number of benzene rings is 1. The predicted molar refractivity (Wildman–Crippen MR) is 68.5 cm³/mol. The molecule has 0 heterocycles. The Morgan fingerprint density at radius 1 is 1.32 bits per heavy atom. The number of aliphatic hydroxyl groups excluding tert-OH is 1. The topological polar surface area (TPSA) is 49.5 Å². The molecule has 0 saturated heterocycles. The van der Waals surface area contributed by atoms with Gasteiger partial charge < -0.3 is 10.8 Å². The van der Waals surface area contributed by atoms with Gasteiger partial charge >= 0.3 is 6.18 Å². The van der Waals surface area contributed by atoms with Gasteiger partial charge in [0.2, 0.25) is 0 Å². The van der Waals surface area contributed by atoms with Crippen molar-refractivity contribution in [2.75, 3.05) is 25.4 Å². The van der Waals surface area contributed by atoms with Crippen molar-refractivity contribution in [3.05, 3.63) is 29.3 Å². The first-order valence-corrected chi connectivity index (χ1v) is 6.17. The minimum Gasteiger partial charge on any atom is -0.399 e. The molecule has 19 heavy (non-hydrogen) atoms. The quantitative estimate of drug-likeness (QED) is 0.785. The van der Waals surface area contributed by atoms with Crippen molar-refractivity contribution in [3.8, 4) is 0 Å². The van der Waals surface area contributed by atoms with E-state index in [1.165, 1.54) is 12.1 Å². The third-order valence-corrected chi connectivity index (χ3v) is 2.91. The first-order valence-electron chi connectivity index (χ1n) is 6.17. The van der Waals surface area contributed by atoms with Crippen molar-refractivity contribution >= 4 is 5.69 Å². The Kier molecular flexibility index (Phi) is 5.62. The molecule has 0 aliphatic carbocycles. The van der Waals surface area contributed by atoms with Crippen molar-refractivity contribution < 1.29 is 18.3 Å². The number of hydrogen-bond acceptors (Lipinski definition) is 3. The highest BCUT2D eigenvalue weighted by Crippen LogP contribution is 2.33. The fraction of sp³-hybridized carbons (Fsp3) is 0.538. The minimum atomic E-state index is -4.40. The third kappa shape index (κ3) is 4.72. The molecule has 0 aliphatic rings. The summed E-state index contributed by atoms with van der Waals surface area (Å²) in [6, 6.07) is 3.86. The molecule has 0 radical (unpaired) electrons. The van der Waals surface area contributed by atoms with Gasteiger partial charge in [-0.05, 0) is 30.7 Å². The van der Waals surface area contributed by atoms with Crippen LogP contribution in [0.1, 0.15) is 24.5 Å². The summed E-state index contributed by atoms with van der Waals surface area (Å²) in [7, 11) is 0. The molecular formula is C13H19F3N2O. The van der Waals surface area contributed by atoms with Gasteiger partial charge in [0, 0.05) is 25.4 Å². The average molecular weight is 276 g/mol. The fourth-order valence-corrected chi connectivity index (χ4v) is 1.88. The zero-order valence-corrected chi connectivity index (χ0v) is 10.9. The van der Waals surface area contributed by atoms with Crippen LogP contribution in [-0.4, -0.2) is 29.7 Å². The predicted octanol–water partition coefficient (Wildman–Crippen LogP) is 2.49. The smallest absolute Gasteiger partial charge is 0.399 e. The number of hydrogen-bond donors (Lipinski definition) is 2. The van der Waals surface area contributed by atoms with Gasteiger partial charge in [-0.25, -0.2) is 0 Å². The highest BCUT2D eigenvalue weighted by Gasteiger charge is 2.33. The van der Waals surface area contributed by atoms with Crippen LogP contribution in [0.3, 0.4) is 0 Å². The first-order chi connectivity index (χ1) is 8.88. The molecule has 1 rings (SSSR count). The Bertz CT molecular complexity index is 407. The molecule has 3 N–H and O–H groups in total. The Morgan fingerprint density at radius 2 is 2.00 bits per heavy atom. The summed E-state index contributed by atoms with van der Waals surface area (Å²) >= 11 is 0. The summed E-state index contributed by atoms with van der Waals surface area (Å²) in [6.45, 7) is 3.30. The molecule has 0 aliphatic heterocycles. The van der Waals surface area contributed by atoms with Gasteiger partial charge in [0.25, 0.3) is 0 Å². The number of alkyl halides is 3. The zero-order chi connectivity index (χ0) is 14.5. The number of nitrogens with two attached hydrogens (primary N) is 1. The minimum absolute atomic E-state index is 0.0321. The van der Waals surface area contributed by atoms with Crippen LogP contribution in [0.5, 0.6) is 0 Å². The van der Waals surface area contributed by atoms with Crippen LogP contribution in [-0.2, 0) is 12.7 Å². The monoisotopic (exact) mass is 276 g/mol. The van der Waals surface area contributed by atoms with Crippen molar-refractivity contribution in [1.82, 2.24) is 4.90 Å². The lowest BCUT2D eigenvalue weighted by Gasteiger charge is -2.22. The van der Waals surface area contributed by atoms with Crippen LogP contribution in [0.4, 0.5) is 18.9 Å². The molecule has 0 unspecified atom stereocenters. The highest BCUT2D eigenvalue weighted by molar-refractivity contribution is 5.46. The summed E-state index contributed by atoms with van der Waals surface area (Å²) in [4.78, 5) is 1.86. The summed E-state index contributed by atoms with van der Waals surface area (Å²) in [5.74, 6) is 0. The summed E-state index contributed by atoms with van der Waals surface area (Å²) in [5, 5.41) is 8.77. The maximum absolute atomic E-state index is 12.9. The van der Waals surface area contributed by atoms with Crippen LogP contribution in [0.25, 0.3) is 0 Å². The number of anilines is 1. The fourth-order valence-electron chi connectivity index (χ4n) is 1.88. The maximum atomic E-state index is 12.9. The van der Waals surface area contributed by atoms with Gasteiger partial charge in [-0.15, -0.1) is 0 Å². The molecule has 0 spiro atoms. The van der Waals surface area contributed by atoms with E-state index in [4.69, 9.17) is 10.8 Å². The Hall–Kier alpha value is -1.27. The Morgan fingerprint density at radius 3 is 2.53 bits per heavy atom. The normalized spacial score (nSPS) is 12.1. The SMILES string of the molecule is CCN(CCCO)Cc1ccc(N)cc1C(F)(F)F. The van der Waals surface area contributed by atoms with E-state index < -0.39 is 11.7 Å². The van der Waals surface area contributed by atoms with Gasteiger partial charge in [-0.3, -0.25) is 4.90 Å². The number of aliphatic hydroxyl groups is 1. The lowest BCUT2D eigenvalue weighted by Crippen LogP contribution is -2.26. The molecule has 0 saturated carbocycles. The molecule has 0 atom stereocenters. The highest BCUT2D eigenvalue weighted by atomic mass is 19.4. The third-order valence-electron chi connectivity index (χ3n) is 2.91. The number of nitrogens with zero attached hydrogens (tertiary/aromatic N) is 1. The van der Waals surface area contributed by atoms with E-state index in [1.807, 2.05) is 11.8 Å². The standard InChI is InChI=1S/C13H19F3N2O/c1-2-18(6-3-7-19)9-10-4-5-11(17)8-12(10)13(14,15)16/h4-5,8,19H,2-3,6-7,9,17H2,1H3. The van der Waals surface area contributed by atoms with E-state index in [-0.39, 0.29) is 24.4 Å². The number of nitrogen functional groups attached to an aromatic ring is 1. The molecule has 0 bridgehead atoms. The number of halogens is 3. The van der Waals surface area contributed by atoms with E-state index in [9.17, 15) is 13.2 Å². The molecule has 0 fully saturated rings. The molecule has 3 nitrogen and oxygen atoms in total. The molecule has 0 aromatic heterocycles. The molecule has 108 valence electrons. The Balaban J connectivity index is 2.93. The van der Waals surface area contributed by atoms with Crippen molar-refractivity contribution in [1.29, 1.82) is 0 Å². The van der Waals surface area contributed by atoms with Gasteiger partial charge in [0.05, 0.1) is 5.56 Å². The van der Waals surface area contributed by atoms with Gasteiger partial charge in [-0.1, -0.05) is 13.0 Å². The Labute approximate surface area is 110 Å². The molecule has 1 aromatic rings. The van der Waals surface area contributed by atoms with Gasteiger partial charge in [0.15, 0.2) is 0 Å². The van der Waals surface area contributed by atoms with E-state index in [2.05, 4.69) is 0 Å². The molecular weight excluding hydrogens is 257 g/mol. The largest absolute Gasteiger partial charge is 0.416 e. The van der Waals surface area contributed by atoms with Crippen molar-refractivity contribution in [3.63, 3.8) is 0 Å². The number of rotatable bonds is 6.